The molecule has 12 heteroatoms. The van der Waals surface area contributed by atoms with Gasteiger partial charge >= 0.3 is 0 Å². The molecule has 12 nitrogen and oxygen atoms in total. The summed E-state index contributed by atoms with van der Waals surface area (Å²) in [7, 11) is 1.34. The molecule has 0 saturated carbocycles. The van der Waals surface area contributed by atoms with E-state index >= 15 is 5.21 Å². The fraction of sp³-hybridized carbons (Fsp3) is 0.341. The summed E-state index contributed by atoms with van der Waals surface area (Å²) in [6, 6.07) is 21.9. The Morgan fingerprint density at radius 2 is 1.51 bits per heavy atom. The molecule has 0 spiro atoms. The third-order valence-electron chi connectivity index (χ3n) is 10.9. The first-order valence-electron chi connectivity index (χ1n) is 17.5. The van der Waals surface area contributed by atoms with E-state index in [2.05, 4.69) is 0 Å². The first-order valence-corrected chi connectivity index (χ1v) is 17.5. The summed E-state index contributed by atoms with van der Waals surface area (Å²) in [6.07, 6.45) is -5.70. The van der Waals surface area contributed by atoms with Crippen LogP contribution < -0.4 is 4.74 Å². The minimum absolute atomic E-state index is 0.0229. The maximum Gasteiger partial charge on any atom is 0.202 e. The molecule has 0 amide bonds. The third-order valence-corrected chi connectivity index (χ3v) is 10.9. The Labute approximate surface area is 306 Å². The van der Waals surface area contributed by atoms with E-state index in [4.69, 9.17) is 14.2 Å². The maximum absolute atomic E-state index is 15.1. The van der Waals surface area contributed by atoms with Gasteiger partial charge in [0.2, 0.25) is 5.78 Å². The van der Waals surface area contributed by atoms with Gasteiger partial charge in [-0.15, -0.1) is 0 Å². The Balaban J connectivity index is 1.30. The van der Waals surface area contributed by atoms with E-state index < -0.39 is 93.7 Å². The average molecular weight is 724 g/mol. The van der Waals surface area contributed by atoms with Gasteiger partial charge in [0.25, 0.3) is 0 Å². The molecule has 7 rings (SSSR count). The number of rotatable bonds is 9. The number of aromatic hydroxyl groups is 2. The summed E-state index contributed by atoms with van der Waals surface area (Å²) >= 11 is 0. The van der Waals surface area contributed by atoms with Gasteiger partial charge in [0, 0.05) is 40.7 Å². The molecular formula is C41H41NO11. The highest BCUT2D eigenvalue weighted by Crippen LogP contribution is 2.52. The molecule has 4 N–H and O–H groups in total. The number of hydrogen-bond donors (Lipinski definition) is 4. The monoisotopic (exact) mass is 723 g/mol. The van der Waals surface area contributed by atoms with Crippen molar-refractivity contribution in [2.24, 2.45) is 0 Å². The number of phenolic OH excluding ortho intramolecular Hbond substituents is 2. The molecule has 4 aromatic carbocycles. The molecule has 0 bridgehead atoms. The average Bonchev–Trinajstić information content (AvgIpc) is 3.13. The Morgan fingerprint density at radius 1 is 0.906 bits per heavy atom. The number of carbonyl (C=O) groups excluding carboxylic acids is 3. The number of carbonyl (C=O) groups is 3. The Hall–Kier alpha value is -4.95. The normalized spacial score (nSPS) is 25.3. The van der Waals surface area contributed by atoms with E-state index in [-0.39, 0.29) is 47.5 Å². The number of hydroxylamine groups is 3. The van der Waals surface area contributed by atoms with Gasteiger partial charge in [-0.25, -0.2) is 0 Å². The molecule has 1 heterocycles. The Morgan fingerprint density at radius 3 is 2.09 bits per heavy atom. The number of aliphatic hydroxyl groups excluding tert-OH is 1. The first-order chi connectivity index (χ1) is 25.3. The number of phenols is 2. The second-order valence-electron chi connectivity index (χ2n) is 14.3. The van der Waals surface area contributed by atoms with Gasteiger partial charge in [0.05, 0.1) is 42.4 Å². The summed E-state index contributed by atoms with van der Waals surface area (Å²) < 4.78 is 17.1. The summed E-state index contributed by atoms with van der Waals surface area (Å²) in [5, 5.41) is 61.8. The van der Waals surface area contributed by atoms with E-state index in [0.29, 0.717) is 0 Å². The number of hydrogen-bond acceptors (Lipinski definition) is 11. The van der Waals surface area contributed by atoms with Gasteiger partial charge in [-0.1, -0.05) is 72.8 Å². The molecule has 276 valence electrons. The van der Waals surface area contributed by atoms with Gasteiger partial charge in [-0.05, 0) is 19.9 Å². The minimum atomic E-state index is -2.10. The summed E-state index contributed by atoms with van der Waals surface area (Å²) in [5.41, 5.74) is -1.85. The standard InChI is InChI=1S/C41H41NO11/c1-22-36(44)28(42(50,20-24-11-6-4-7-12-24)21-25-13-8-5-9-14-25)17-31(52-22)53-30-19-41(49,23(2)43)18-27-33(30)40(48)35-34(38(27)46)37(45)26-15-10-16-29(51-3)32(26)39(35)47/h4-16,22,28,30-31,36,44,46,48-49H,17-21H2,1-3H3/t22?,28?,30-,31?,36?,41-/m0/s1. The van der Waals surface area contributed by atoms with E-state index in [1.54, 1.807) is 6.92 Å². The van der Waals surface area contributed by atoms with E-state index in [0.717, 1.165) is 11.1 Å². The van der Waals surface area contributed by atoms with E-state index in [1.165, 1.54) is 32.2 Å². The van der Waals surface area contributed by atoms with Crippen molar-refractivity contribution in [2.45, 2.75) is 82.4 Å². The maximum atomic E-state index is 15.1. The van der Waals surface area contributed by atoms with Crippen LogP contribution in [-0.2, 0) is 33.8 Å². The Kier molecular flexibility index (Phi) is 9.48. The lowest BCUT2D eigenvalue weighted by atomic mass is 9.72. The largest absolute Gasteiger partial charge is 0.632 e. The zero-order valence-corrected chi connectivity index (χ0v) is 29.5. The molecule has 6 atom stereocenters. The molecule has 1 aliphatic heterocycles. The van der Waals surface area contributed by atoms with Crippen molar-refractivity contribution >= 4 is 17.3 Å². The van der Waals surface area contributed by atoms with Crippen LogP contribution in [0.15, 0.2) is 78.9 Å². The highest BCUT2D eigenvalue weighted by Gasteiger charge is 2.51. The lowest BCUT2D eigenvalue weighted by molar-refractivity contribution is -0.937. The van der Waals surface area contributed by atoms with E-state index in [1.807, 2.05) is 60.7 Å². The van der Waals surface area contributed by atoms with Gasteiger partial charge in [-0.2, -0.15) is 0 Å². The number of ketones is 3. The number of fused-ring (bicyclic) bond motifs is 3. The van der Waals surface area contributed by atoms with Crippen LogP contribution in [0.5, 0.6) is 17.2 Å². The summed E-state index contributed by atoms with van der Waals surface area (Å²) in [6.45, 7) is 2.83. The van der Waals surface area contributed by atoms with Crippen molar-refractivity contribution in [3.05, 3.63) is 129 Å². The molecule has 4 aromatic rings. The van der Waals surface area contributed by atoms with Gasteiger partial charge in [-0.3, -0.25) is 14.4 Å². The van der Waals surface area contributed by atoms with Crippen LogP contribution >= 0.6 is 0 Å². The quantitative estimate of drug-likeness (QED) is 0.0933. The lowest BCUT2D eigenvalue weighted by Crippen LogP contribution is -2.62. The topological polar surface area (TPSA) is 183 Å². The summed E-state index contributed by atoms with van der Waals surface area (Å²) in [4.78, 5) is 40.8. The molecule has 1 saturated heterocycles. The lowest BCUT2D eigenvalue weighted by Gasteiger charge is -2.54. The molecular weight excluding hydrogens is 682 g/mol. The molecule has 0 radical (unpaired) electrons. The van der Waals surface area contributed by atoms with Crippen molar-refractivity contribution in [1.29, 1.82) is 0 Å². The SMILES string of the molecule is COc1cccc2c1C(=O)c1c(O)c3c(c(O)c1C2=O)C[C@@](O)(C(C)=O)C[C@@H]3OC1CC([N+]([O-])(Cc2ccccc2)Cc2ccccc2)C(O)C(C)O1. The van der Waals surface area contributed by atoms with Crippen molar-refractivity contribution in [3.8, 4) is 17.2 Å². The van der Waals surface area contributed by atoms with Crippen molar-refractivity contribution in [1.82, 2.24) is 0 Å². The van der Waals surface area contributed by atoms with E-state index in [9.17, 15) is 34.8 Å². The predicted octanol–water partition coefficient (Wildman–Crippen LogP) is 4.79. The number of methoxy groups -OCH3 is 1. The molecule has 53 heavy (non-hydrogen) atoms. The van der Waals surface area contributed by atoms with Crippen molar-refractivity contribution in [3.63, 3.8) is 0 Å². The molecule has 2 aliphatic carbocycles. The van der Waals surface area contributed by atoms with Crippen molar-refractivity contribution < 1.29 is 53.7 Å². The highest BCUT2D eigenvalue weighted by molar-refractivity contribution is 6.31. The van der Waals surface area contributed by atoms with Crippen LogP contribution in [0.1, 0.15) is 86.9 Å². The number of ether oxygens (including phenoxy) is 3. The fourth-order valence-electron chi connectivity index (χ4n) is 8.14. The van der Waals surface area contributed by atoms with Crippen LogP contribution in [0.25, 0.3) is 0 Å². The van der Waals surface area contributed by atoms with Gasteiger partial charge in [0.15, 0.2) is 17.9 Å². The number of benzene rings is 4. The molecule has 0 aromatic heterocycles. The third kappa shape index (κ3) is 6.31. The number of quaternary nitrogens is 1. The van der Waals surface area contributed by atoms with Crippen LogP contribution in [0.3, 0.4) is 0 Å². The molecule has 4 unspecified atom stereocenters. The van der Waals surface area contributed by atoms with Crippen LogP contribution in [0.2, 0.25) is 0 Å². The second-order valence-corrected chi connectivity index (χ2v) is 14.3. The molecule has 1 fully saturated rings. The highest BCUT2D eigenvalue weighted by atomic mass is 16.7. The number of nitrogens with zero attached hydrogens (tertiary/aromatic N) is 1. The summed E-state index contributed by atoms with van der Waals surface area (Å²) in [5.74, 6) is -3.39. The number of Topliss-reactive ketones (excluding diaryl/α,β-unsaturated/α-hetero) is 1. The molecule has 3 aliphatic rings. The van der Waals surface area contributed by atoms with Gasteiger partial charge in [0.1, 0.15) is 48.1 Å². The smallest absolute Gasteiger partial charge is 0.202 e. The predicted molar refractivity (Wildman–Crippen MR) is 190 cm³/mol. The van der Waals surface area contributed by atoms with Gasteiger partial charge < -0.3 is 44.5 Å². The van der Waals surface area contributed by atoms with Crippen LogP contribution in [0, 0.1) is 5.21 Å². The minimum Gasteiger partial charge on any atom is -0.632 e. The van der Waals surface area contributed by atoms with Crippen LogP contribution in [0.4, 0.5) is 0 Å². The fourth-order valence-corrected chi connectivity index (χ4v) is 8.14. The second kappa shape index (κ2) is 13.8. The van der Waals surface area contributed by atoms with Crippen LogP contribution in [-0.4, -0.2) is 79.7 Å². The first kappa shape index (κ1) is 36.4. The Bertz CT molecular complexity index is 2040. The zero-order valence-electron chi connectivity index (χ0n) is 29.5. The van der Waals surface area contributed by atoms with Crippen molar-refractivity contribution in [2.75, 3.05) is 7.11 Å². The number of aliphatic hydroxyl groups is 2. The zero-order chi connectivity index (χ0) is 37.8.